The van der Waals surface area contributed by atoms with E-state index in [0.29, 0.717) is 0 Å². The molecule has 1 unspecified atom stereocenters. The van der Waals surface area contributed by atoms with Crippen LogP contribution < -0.4 is 0 Å². The summed E-state index contributed by atoms with van der Waals surface area (Å²) in [5.41, 5.74) is 13.5. The standard InChI is InChI=1S/C51H31NO/c1-29(30-24-25-34-33-14-5-9-23-45(33)53-46(34)28-30)52-43-22-8-4-15-37(43)50-44(52)27-26-36-35-16-10-20-41-48(35)49-38(47(36)50)17-11-21-42(49)51(41)39-18-6-2-12-31(39)32-13-3-7-19-40(32)51/h2-29H,1H3. The molecule has 9 aromatic carbocycles. The van der Waals surface area contributed by atoms with Gasteiger partial charge in [-0.15, -0.1) is 0 Å². The van der Waals surface area contributed by atoms with Gasteiger partial charge in [0.15, 0.2) is 0 Å². The summed E-state index contributed by atoms with van der Waals surface area (Å²) >= 11 is 0. The van der Waals surface area contributed by atoms with Gasteiger partial charge in [0, 0.05) is 32.4 Å². The predicted molar refractivity (Wildman–Crippen MR) is 220 cm³/mol. The molecule has 0 bridgehead atoms. The van der Waals surface area contributed by atoms with Gasteiger partial charge in [0.2, 0.25) is 0 Å². The Morgan fingerprint density at radius 3 is 1.77 bits per heavy atom. The molecule has 0 amide bonds. The van der Waals surface area contributed by atoms with Gasteiger partial charge in [0.25, 0.3) is 0 Å². The zero-order valence-electron chi connectivity index (χ0n) is 29.0. The molecule has 53 heavy (non-hydrogen) atoms. The molecule has 0 fully saturated rings. The molecule has 0 saturated carbocycles. The lowest BCUT2D eigenvalue weighted by molar-refractivity contribution is 0.658. The maximum absolute atomic E-state index is 6.37. The molecule has 0 radical (unpaired) electrons. The molecule has 2 aliphatic carbocycles. The van der Waals surface area contributed by atoms with E-state index < -0.39 is 0 Å². The first-order valence-corrected chi connectivity index (χ1v) is 18.7. The summed E-state index contributed by atoms with van der Waals surface area (Å²) < 4.78 is 8.92. The molecule has 1 spiro atoms. The molecule has 0 saturated heterocycles. The van der Waals surface area contributed by atoms with E-state index in [2.05, 4.69) is 169 Å². The van der Waals surface area contributed by atoms with Gasteiger partial charge >= 0.3 is 0 Å². The Morgan fingerprint density at radius 2 is 0.981 bits per heavy atom. The SMILES string of the molecule is CC(c1ccc2c(c1)oc1ccccc12)n1c2ccccc2c2c3c(ccc21)c1cccc2c1c1c(cccc13)C21c2ccccc2-c2ccccc21. The topological polar surface area (TPSA) is 18.1 Å². The Balaban J connectivity index is 1.15. The van der Waals surface area contributed by atoms with Gasteiger partial charge in [-0.25, -0.2) is 0 Å². The van der Waals surface area contributed by atoms with E-state index >= 15 is 0 Å². The van der Waals surface area contributed by atoms with E-state index in [4.69, 9.17) is 4.42 Å². The molecular formula is C51H31NO. The van der Waals surface area contributed by atoms with E-state index in [0.717, 1.165) is 21.9 Å². The second-order valence-electron chi connectivity index (χ2n) is 15.1. The number of furan rings is 1. The number of nitrogens with zero attached hydrogens (tertiary/aromatic N) is 1. The summed E-state index contributed by atoms with van der Waals surface area (Å²) in [6.45, 7) is 2.33. The molecule has 2 aromatic heterocycles. The fraction of sp³-hybridized carbons (Fsp3) is 0.0588. The number of hydrogen-bond donors (Lipinski definition) is 0. The van der Waals surface area contributed by atoms with Gasteiger partial charge < -0.3 is 8.98 Å². The van der Waals surface area contributed by atoms with Crippen molar-refractivity contribution in [1.29, 1.82) is 0 Å². The van der Waals surface area contributed by atoms with E-state index in [1.807, 2.05) is 6.07 Å². The number of para-hydroxylation sites is 2. The van der Waals surface area contributed by atoms with Crippen LogP contribution in [0.15, 0.2) is 168 Å². The van der Waals surface area contributed by atoms with Crippen LogP contribution in [0.2, 0.25) is 0 Å². The zero-order valence-corrected chi connectivity index (χ0v) is 29.0. The highest BCUT2D eigenvalue weighted by atomic mass is 16.3. The fourth-order valence-electron chi connectivity index (χ4n) is 10.8. The third kappa shape index (κ3) is 3.20. The maximum Gasteiger partial charge on any atom is 0.135 e. The van der Waals surface area contributed by atoms with Crippen LogP contribution in [0.3, 0.4) is 0 Å². The van der Waals surface area contributed by atoms with Crippen molar-refractivity contribution < 1.29 is 4.42 Å². The normalized spacial score (nSPS) is 14.6. The highest BCUT2D eigenvalue weighted by Crippen LogP contribution is 2.63. The molecule has 2 heteroatoms. The number of hydrogen-bond acceptors (Lipinski definition) is 1. The van der Waals surface area contributed by atoms with Crippen LogP contribution in [-0.4, -0.2) is 4.57 Å². The highest BCUT2D eigenvalue weighted by Gasteiger charge is 2.50. The Labute approximate surface area is 305 Å². The van der Waals surface area contributed by atoms with Gasteiger partial charge in [-0.3, -0.25) is 0 Å². The maximum atomic E-state index is 6.37. The van der Waals surface area contributed by atoms with E-state index in [1.54, 1.807) is 0 Å². The number of fused-ring (bicyclic) bond motifs is 17. The zero-order chi connectivity index (χ0) is 34.6. The largest absolute Gasteiger partial charge is 0.456 e. The minimum Gasteiger partial charge on any atom is -0.456 e. The first-order chi connectivity index (χ1) is 26.2. The van der Waals surface area contributed by atoms with Gasteiger partial charge in [-0.1, -0.05) is 140 Å². The number of aromatic nitrogens is 1. The molecule has 0 N–H and O–H groups in total. The Hall–Kier alpha value is -6.64. The van der Waals surface area contributed by atoms with Crippen molar-refractivity contribution in [3.8, 4) is 11.1 Å². The van der Waals surface area contributed by atoms with E-state index in [9.17, 15) is 0 Å². The van der Waals surface area contributed by atoms with Gasteiger partial charge in [0.05, 0.1) is 17.0 Å². The summed E-state index contributed by atoms with van der Waals surface area (Å²) in [5, 5.41) is 13.1. The lowest BCUT2D eigenvalue weighted by Gasteiger charge is -2.30. The quantitative estimate of drug-likeness (QED) is 0.167. The first-order valence-electron chi connectivity index (χ1n) is 18.7. The number of benzene rings is 9. The monoisotopic (exact) mass is 673 g/mol. The van der Waals surface area contributed by atoms with Crippen LogP contribution in [0.1, 0.15) is 40.8 Å². The second kappa shape index (κ2) is 9.61. The predicted octanol–water partition coefficient (Wildman–Crippen LogP) is 13.4. The van der Waals surface area contributed by atoms with Crippen molar-refractivity contribution in [2.24, 2.45) is 0 Å². The molecule has 2 nitrogen and oxygen atoms in total. The third-order valence-corrected chi connectivity index (χ3v) is 12.8. The highest BCUT2D eigenvalue weighted by molar-refractivity contribution is 6.37. The molecule has 246 valence electrons. The summed E-state index contributed by atoms with van der Waals surface area (Å²) in [6.07, 6.45) is 0. The minimum absolute atomic E-state index is 0.0757. The Kier molecular flexibility index (Phi) is 5.08. The molecule has 2 heterocycles. The van der Waals surface area contributed by atoms with Crippen LogP contribution in [0.4, 0.5) is 0 Å². The summed E-state index contributed by atoms with van der Waals surface area (Å²) in [5.74, 6) is 0. The van der Waals surface area contributed by atoms with Crippen molar-refractivity contribution in [3.05, 3.63) is 192 Å². The Morgan fingerprint density at radius 1 is 0.415 bits per heavy atom. The van der Waals surface area contributed by atoms with Crippen molar-refractivity contribution in [2.45, 2.75) is 18.4 Å². The van der Waals surface area contributed by atoms with Crippen LogP contribution >= 0.6 is 0 Å². The average Bonchev–Trinajstić information content (AvgIpc) is 3.94. The fourth-order valence-corrected chi connectivity index (χ4v) is 10.8. The molecular weight excluding hydrogens is 643 g/mol. The van der Waals surface area contributed by atoms with Crippen LogP contribution in [-0.2, 0) is 5.41 Å². The van der Waals surface area contributed by atoms with Crippen LogP contribution in [0.5, 0.6) is 0 Å². The van der Waals surface area contributed by atoms with Crippen LogP contribution in [0, 0.1) is 0 Å². The summed E-state index contributed by atoms with van der Waals surface area (Å²) in [6, 6.07) is 61.3. The molecule has 11 aromatic rings. The van der Waals surface area contributed by atoms with Crippen molar-refractivity contribution in [1.82, 2.24) is 4.57 Å². The molecule has 13 rings (SSSR count). The van der Waals surface area contributed by atoms with Crippen molar-refractivity contribution >= 4 is 76.1 Å². The average molecular weight is 674 g/mol. The van der Waals surface area contributed by atoms with Gasteiger partial charge in [-0.2, -0.15) is 0 Å². The lowest BCUT2D eigenvalue weighted by atomic mass is 9.70. The van der Waals surface area contributed by atoms with Gasteiger partial charge in [0.1, 0.15) is 11.2 Å². The second-order valence-corrected chi connectivity index (χ2v) is 15.1. The van der Waals surface area contributed by atoms with Crippen molar-refractivity contribution in [3.63, 3.8) is 0 Å². The van der Waals surface area contributed by atoms with Crippen molar-refractivity contribution in [2.75, 3.05) is 0 Å². The Bertz CT molecular complexity index is 3380. The van der Waals surface area contributed by atoms with Gasteiger partial charge in [-0.05, 0) is 97.1 Å². The molecule has 0 aliphatic heterocycles. The van der Waals surface area contributed by atoms with E-state index in [1.165, 1.54) is 93.1 Å². The first kappa shape index (κ1) is 28.0. The van der Waals surface area contributed by atoms with Crippen LogP contribution in [0.25, 0.3) is 87.2 Å². The summed E-state index contributed by atoms with van der Waals surface area (Å²) in [7, 11) is 0. The molecule has 2 aliphatic rings. The summed E-state index contributed by atoms with van der Waals surface area (Å²) in [4.78, 5) is 0. The number of rotatable bonds is 2. The smallest absolute Gasteiger partial charge is 0.135 e. The van der Waals surface area contributed by atoms with E-state index in [-0.39, 0.29) is 11.5 Å². The third-order valence-electron chi connectivity index (χ3n) is 12.8. The lowest BCUT2D eigenvalue weighted by Crippen LogP contribution is -2.25. The molecule has 1 atom stereocenters. The minimum atomic E-state index is -0.358.